The van der Waals surface area contributed by atoms with Gasteiger partial charge in [-0.2, -0.15) is 0 Å². The van der Waals surface area contributed by atoms with E-state index in [1.807, 2.05) is 37.4 Å². The summed E-state index contributed by atoms with van der Waals surface area (Å²) in [6.07, 6.45) is 2.47. The van der Waals surface area contributed by atoms with Crippen LogP contribution in [0.15, 0.2) is 35.5 Å². The zero-order valence-electron chi connectivity index (χ0n) is 11.5. The van der Waals surface area contributed by atoms with Crippen molar-refractivity contribution >= 4 is 22.6 Å². The van der Waals surface area contributed by atoms with Crippen LogP contribution in [0.25, 0.3) is 10.9 Å². The maximum Gasteiger partial charge on any atom is 0.245 e. The molecule has 0 radical (unpaired) electrons. The fraction of sp³-hybridized carbons (Fsp3) is 0.333. The van der Waals surface area contributed by atoms with Gasteiger partial charge in [-0.15, -0.1) is 0 Å². The van der Waals surface area contributed by atoms with E-state index < -0.39 is 6.04 Å². The SMILES string of the molecule is CC1=NCCN1C(=O)[C@@H](N)Cc1c[nH]c2ccccc12. The summed E-state index contributed by atoms with van der Waals surface area (Å²) in [5.41, 5.74) is 8.23. The Labute approximate surface area is 117 Å². The maximum absolute atomic E-state index is 12.3. The normalized spacial score (nSPS) is 16.5. The number of nitrogens with two attached hydrogens (primary N) is 1. The van der Waals surface area contributed by atoms with E-state index in [4.69, 9.17) is 5.73 Å². The van der Waals surface area contributed by atoms with Gasteiger partial charge in [0.1, 0.15) is 5.84 Å². The third kappa shape index (κ3) is 2.20. The first-order chi connectivity index (χ1) is 9.66. The highest BCUT2D eigenvalue weighted by Gasteiger charge is 2.26. The van der Waals surface area contributed by atoms with Crippen LogP contribution in [0.2, 0.25) is 0 Å². The summed E-state index contributed by atoms with van der Waals surface area (Å²) in [6, 6.07) is 7.50. The van der Waals surface area contributed by atoms with Crippen LogP contribution in [0.4, 0.5) is 0 Å². The number of benzene rings is 1. The summed E-state index contributed by atoms with van der Waals surface area (Å²) in [5, 5.41) is 1.13. The molecular weight excluding hydrogens is 252 g/mol. The molecule has 0 saturated heterocycles. The number of hydrogen-bond donors (Lipinski definition) is 2. The van der Waals surface area contributed by atoms with E-state index in [-0.39, 0.29) is 5.91 Å². The second-order valence-electron chi connectivity index (χ2n) is 5.09. The predicted octanol–water partition coefficient (Wildman–Crippen LogP) is 1.30. The molecule has 0 spiro atoms. The molecule has 0 saturated carbocycles. The first-order valence-corrected chi connectivity index (χ1v) is 6.80. The largest absolute Gasteiger partial charge is 0.361 e. The Balaban J connectivity index is 1.77. The number of amidine groups is 1. The number of para-hydroxylation sites is 1. The van der Waals surface area contributed by atoms with Gasteiger partial charge in [0.15, 0.2) is 0 Å². The lowest BCUT2D eigenvalue weighted by atomic mass is 10.0. The number of fused-ring (bicyclic) bond motifs is 1. The van der Waals surface area contributed by atoms with E-state index >= 15 is 0 Å². The summed E-state index contributed by atoms with van der Waals surface area (Å²) in [5.74, 6) is 0.721. The van der Waals surface area contributed by atoms with E-state index in [0.717, 1.165) is 22.3 Å². The Bertz CT molecular complexity index is 673. The van der Waals surface area contributed by atoms with Crippen molar-refractivity contribution in [2.75, 3.05) is 13.1 Å². The van der Waals surface area contributed by atoms with Gasteiger partial charge < -0.3 is 10.7 Å². The first-order valence-electron chi connectivity index (χ1n) is 6.80. The number of carbonyl (C=O) groups excluding carboxylic acids is 1. The Hall–Kier alpha value is -2.14. The molecule has 2 aromatic rings. The number of aromatic amines is 1. The number of carbonyl (C=O) groups is 1. The van der Waals surface area contributed by atoms with Crippen LogP contribution in [0.3, 0.4) is 0 Å². The van der Waals surface area contributed by atoms with E-state index in [2.05, 4.69) is 9.98 Å². The van der Waals surface area contributed by atoms with Crippen molar-refractivity contribution in [3.8, 4) is 0 Å². The quantitative estimate of drug-likeness (QED) is 0.882. The maximum atomic E-state index is 12.3. The molecule has 0 aliphatic carbocycles. The number of aromatic nitrogens is 1. The monoisotopic (exact) mass is 270 g/mol. The molecule has 0 unspecified atom stereocenters. The van der Waals surface area contributed by atoms with Crippen molar-refractivity contribution in [3.05, 3.63) is 36.0 Å². The molecular formula is C15H18N4O. The molecule has 1 aliphatic heterocycles. The highest BCUT2D eigenvalue weighted by atomic mass is 16.2. The van der Waals surface area contributed by atoms with Gasteiger partial charge in [-0.3, -0.25) is 14.7 Å². The Morgan fingerprint density at radius 3 is 3.05 bits per heavy atom. The molecule has 20 heavy (non-hydrogen) atoms. The van der Waals surface area contributed by atoms with Crippen molar-refractivity contribution in [3.63, 3.8) is 0 Å². The number of hydrogen-bond acceptors (Lipinski definition) is 3. The van der Waals surface area contributed by atoms with Gasteiger partial charge in [0.2, 0.25) is 5.91 Å². The van der Waals surface area contributed by atoms with Crippen LogP contribution >= 0.6 is 0 Å². The lowest BCUT2D eigenvalue weighted by Crippen LogP contribution is -2.45. The Morgan fingerprint density at radius 2 is 2.30 bits per heavy atom. The van der Waals surface area contributed by atoms with Gasteiger partial charge in [-0.1, -0.05) is 18.2 Å². The molecule has 1 amide bonds. The molecule has 104 valence electrons. The fourth-order valence-corrected chi connectivity index (χ4v) is 2.65. The van der Waals surface area contributed by atoms with Gasteiger partial charge in [-0.05, 0) is 25.0 Å². The van der Waals surface area contributed by atoms with E-state index in [9.17, 15) is 4.79 Å². The third-order valence-corrected chi connectivity index (χ3v) is 3.75. The van der Waals surface area contributed by atoms with Crippen molar-refractivity contribution in [1.29, 1.82) is 0 Å². The minimum atomic E-state index is -0.530. The van der Waals surface area contributed by atoms with Gasteiger partial charge in [-0.25, -0.2) is 0 Å². The van der Waals surface area contributed by atoms with Gasteiger partial charge in [0.25, 0.3) is 0 Å². The Morgan fingerprint density at radius 1 is 1.50 bits per heavy atom. The highest BCUT2D eigenvalue weighted by Crippen LogP contribution is 2.19. The highest BCUT2D eigenvalue weighted by molar-refractivity contribution is 6.00. The van der Waals surface area contributed by atoms with E-state index in [1.54, 1.807) is 4.90 Å². The molecule has 5 heteroatoms. The lowest BCUT2D eigenvalue weighted by Gasteiger charge is -2.20. The van der Waals surface area contributed by atoms with Crippen LogP contribution in [-0.4, -0.2) is 40.8 Å². The number of aliphatic imine (C=N–C) groups is 1. The summed E-state index contributed by atoms with van der Waals surface area (Å²) in [4.78, 5) is 21.4. The number of rotatable bonds is 3. The van der Waals surface area contributed by atoms with Gasteiger partial charge in [0, 0.05) is 23.6 Å². The van der Waals surface area contributed by atoms with Crippen LogP contribution in [-0.2, 0) is 11.2 Å². The topological polar surface area (TPSA) is 74.5 Å². The van der Waals surface area contributed by atoms with Crippen molar-refractivity contribution in [1.82, 2.24) is 9.88 Å². The average molecular weight is 270 g/mol. The second-order valence-corrected chi connectivity index (χ2v) is 5.09. The van der Waals surface area contributed by atoms with Crippen LogP contribution in [0.1, 0.15) is 12.5 Å². The third-order valence-electron chi connectivity index (χ3n) is 3.75. The zero-order valence-corrected chi connectivity index (χ0v) is 11.5. The molecule has 1 atom stereocenters. The van der Waals surface area contributed by atoms with E-state index in [0.29, 0.717) is 19.5 Å². The summed E-state index contributed by atoms with van der Waals surface area (Å²) >= 11 is 0. The minimum Gasteiger partial charge on any atom is -0.361 e. The molecule has 2 heterocycles. The molecule has 1 aromatic carbocycles. The number of nitrogens with one attached hydrogen (secondary N) is 1. The molecule has 3 rings (SSSR count). The summed E-state index contributed by atoms with van der Waals surface area (Å²) in [6.45, 7) is 3.17. The average Bonchev–Trinajstić information content (AvgIpc) is 3.05. The fourth-order valence-electron chi connectivity index (χ4n) is 2.65. The standard InChI is InChI=1S/C15H18N4O/c1-10-17-6-7-19(10)15(20)13(16)8-11-9-18-14-5-3-2-4-12(11)14/h2-5,9,13,18H,6-8,16H2,1H3/t13-/m0/s1. The smallest absolute Gasteiger partial charge is 0.245 e. The molecule has 0 bridgehead atoms. The molecule has 1 aromatic heterocycles. The number of nitrogens with zero attached hydrogens (tertiary/aromatic N) is 2. The molecule has 5 nitrogen and oxygen atoms in total. The van der Waals surface area contributed by atoms with Gasteiger partial charge >= 0.3 is 0 Å². The first kappa shape index (κ1) is 12.9. The van der Waals surface area contributed by atoms with Crippen LogP contribution in [0.5, 0.6) is 0 Å². The molecule has 3 N–H and O–H groups in total. The Kier molecular flexibility index (Phi) is 3.28. The summed E-state index contributed by atoms with van der Waals surface area (Å²) < 4.78 is 0. The minimum absolute atomic E-state index is 0.0472. The lowest BCUT2D eigenvalue weighted by molar-refractivity contribution is -0.128. The van der Waals surface area contributed by atoms with Crippen molar-refractivity contribution < 1.29 is 4.79 Å². The van der Waals surface area contributed by atoms with Crippen molar-refractivity contribution in [2.24, 2.45) is 10.7 Å². The summed E-state index contributed by atoms with van der Waals surface area (Å²) in [7, 11) is 0. The van der Waals surface area contributed by atoms with Gasteiger partial charge in [0.05, 0.1) is 12.6 Å². The number of H-pyrrole nitrogens is 1. The number of amides is 1. The second kappa shape index (κ2) is 5.09. The predicted molar refractivity (Wildman–Crippen MR) is 79.7 cm³/mol. The molecule has 1 aliphatic rings. The zero-order chi connectivity index (χ0) is 14.1. The van der Waals surface area contributed by atoms with Crippen LogP contribution < -0.4 is 5.73 Å². The van der Waals surface area contributed by atoms with Crippen LogP contribution in [0, 0.1) is 0 Å². The van der Waals surface area contributed by atoms with Crippen molar-refractivity contribution in [2.45, 2.75) is 19.4 Å². The van der Waals surface area contributed by atoms with E-state index in [1.165, 1.54) is 0 Å². The molecule has 0 fully saturated rings.